The SMILES string of the molecule is C=CCOc1cccc(NC(=O)NCCCCN2CCCC2CO)c1. The quantitative estimate of drug-likeness (QED) is 0.449. The Kier molecular flexibility index (Phi) is 8.28. The molecule has 0 aliphatic carbocycles. The number of urea groups is 1. The number of ether oxygens (including phenoxy) is 1. The van der Waals surface area contributed by atoms with Crippen molar-refractivity contribution in [3.63, 3.8) is 0 Å². The van der Waals surface area contributed by atoms with Gasteiger partial charge in [0.25, 0.3) is 0 Å². The number of hydrogen-bond acceptors (Lipinski definition) is 4. The van der Waals surface area contributed by atoms with Crippen LogP contribution in [0.5, 0.6) is 5.75 Å². The van der Waals surface area contributed by atoms with E-state index in [4.69, 9.17) is 4.74 Å². The van der Waals surface area contributed by atoms with Gasteiger partial charge < -0.3 is 20.5 Å². The lowest BCUT2D eigenvalue weighted by molar-refractivity contribution is 0.157. The van der Waals surface area contributed by atoms with E-state index in [1.54, 1.807) is 12.1 Å². The third kappa shape index (κ3) is 6.76. The van der Waals surface area contributed by atoms with E-state index in [9.17, 15) is 9.90 Å². The monoisotopic (exact) mass is 347 g/mol. The van der Waals surface area contributed by atoms with Gasteiger partial charge in [-0.25, -0.2) is 4.79 Å². The van der Waals surface area contributed by atoms with Crippen molar-refractivity contribution in [2.45, 2.75) is 31.7 Å². The van der Waals surface area contributed by atoms with Gasteiger partial charge in [0.15, 0.2) is 0 Å². The summed E-state index contributed by atoms with van der Waals surface area (Å²) in [7, 11) is 0. The van der Waals surface area contributed by atoms with Gasteiger partial charge in [-0.3, -0.25) is 4.90 Å². The summed E-state index contributed by atoms with van der Waals surface area (Å²) >= 11 is 0. The molecule has 1 aromatic carbocycles. The molecule has 0 bridgehead atoms. The Morgan fingerprint density at radius 2 is 2.32 bits per heavy atom. The Morgan fingerprint density at radius 1 is 1.44 bits per heavy atom. The van der Waals surface area contributed by atoms with Crippen LogP contribution in [0.15, 0.2) is 36.9 Å². The minimum absolute atomic E-state index is 0.213. The number of unbranched alkanes of at least 4 members (excludes halogenated alkanes) is 1. The van der Waals surface area contributed by atoms with Crippen LogP contribution in [0.3, 0.4) is 0 Å². The van der Waals surface area contributed by atoms with Gasteiger partial charge in [0.1, 0.15) is 12.4 Å². The van der Waals surface area contributed by atoms with E-state index in [0.29, 0.717) is 30.6 Å². The number of anilines is 1. The third-order valence-electron chi connectivity index (χ3n) is 4.33. The molecule has 1 heterocycles. The zero-order chi connectivity index (χ0) is 17.9. The van der Waals surface area contributed by atoms with Crippen molar-refractivity contribution in [2.24, 2.45) is 0 Å². The summed E-state index contributed by atoms with van der Waals surface area (Å²) in [6.45, 7) is 6.98. The molecule has 1 aliphatic heterocycles. The van der Waals surface area contributed by atoms with Gasteiger partial charge in [0, 0.05) is 24.3 Å². The van der Waals surface area contributed by atoms with Crippen molar-refractivity contribution in [3.8, 4) is 5.75 Å². The predicted octanol–water partition coefficient (Wildman–Crippen LogP) is 2.61. The van der Waals surface area contributed by atoms with Crippen LogP contribution in [0.25, 0.3) is 0 Å². The topological polar surface area (TPSA) is 73.8 Å². The highest BCUT2D eigenvalue weighted by Crippen LogP contribution is 2.18. The van der Waals surface area contributed by atoms with E-state index in [-0.39, 0.29) is 12.6 Å². The Labute approximate surface area is 149 Å². The summed E-state index contributed by atoms with van der Waals surface area (Å²) in [4.78, 5) is 14.3. The van der Waals surface area contributed by atoms with Gasteiger partial charge >= 0.3 is 6.03 Å². The number of rotatable bonds is 10. The number of carbonyl (C=O) groups is 1. The average Bonchev–Trinajstić information content (AvgIpc) is 3.07. The fourth-order valence-electron chi connectivity index (χ4n) is 3.03. The van der Waals surface area contributed by atoms with Gasteiger partial charge in [0.05, 0.1) is 6.61 Å². The van der Waals surface area contributed by atoms with Crippen molar-refractivity contribution in [2.75, 3.05) is 38.2 Å². The molecule has 1 unspecified atom stereocenters. The number of hydrogen-bond donors (Lipinski definition) is 3. The Hall–Kier alpha value is -2.05. The lowest BCUT2D eigenvalue weighted by Crippen LogP contribution is -2.34. The van der Waals surface area contributed by atoms with Crippen LogP contribution < -0.4 is 15.4 Å². The molecule has 1 aromatic rings. The van der Waals surface area contributed by atoms with Gasteiger partial charge in [0.2, 0.25) is 0 Å². The first kappa shape index (κ1) is 19.3. The number of likely N-dealkylation sites (tertiary alicyclic amines) is 1. The number of nitrogens with zero attached hydrogens (tertiary/aromatic N) is 1. The first-order valence-electron chi connectivity index (χ1n) is 8.96. The Morgan fingerprint density at radius 3 is 3.12 bits per heavy atom. The van der Waals surface area contributed by atoms with Crippen molar-refractivity contribution in [3.05, 3.63) is 36.9 Å². The lowest BCUT2D eigenvalue weighted by atomic mass is 10.2. The second kappa shape index (κ2) is 10.7. The molecule has 0 aromatic heterocycles. The molecule has 0 saturated carbocycles. The molecule has 2 rings (SSSR count). The first-order chi connectivity index (χ1) is 12.2. The molecule has 25 heavy (non-hydrogen) atoms. The zero-order valence-electron chi connectivity index (χ0n) is 14.7. The number of aliphatic hydroxyl groups is 1. The normalized spacial score (nSPS) is 17.2. The van der Waals surface area contributed by atoms with E-state index in [0.717, 1.165) is 32.4 Å². The number of aliphatic hydroxyl groups excluding tert-OH is 1. The van der Waals surface area contributed by atoms with Gasteiger partial charge in [-0.15, -0.1) is 0 Å². The molecule has 138 valence electrons. The molecule has 3 N–H and O–H groups in total. The summed E-state index contributed by atoms with van der Waals surface area (Å²) < 4.78 is 5.44. The smallest absolute Gasteiger partial charge is 0.319 e. The predicted molar refractivity (Wildman–Crippen MR) is 100 cm³/mol. The molecule has 2 amide bonds. The van der Waals surface area contributed by atoms with E-state index >= 15 is 0 Å². The average molecular weight is 347 g/mol. The highest BCUT2D eigenvalue weighted by atomic mass is 16.5. The lowest BCUT2D eigenvalue weighted by Gasteiger charge is -2.22. The van der Waals surface area contributed by atoms with Crippen molar-refractivity contribution in [1.82, 2.24) is 10.2 Å². The molecule has 0 radical (unpaired) electrons. The highest BCUT2D eigenvalue weighted by molar-refractivity contribution is 5.89. The Balaban J connectivity index is 1.61. The van der Waals surface area contributed by atoms with Gasteiger partial charge in [-0.2, -0.15) is 0 Å². The van der Waals surface area contributed by atoms with E-state index < -0.39 is 0 Å². The van der Waals surface area contributed by atoms with Crippen LogP contribution in [0.2, 0.25) is 0 Å². The van der Waals surface area contributed by atoms with Gasteiger partial charge in [-0.05, 0) is 50.9 Å². The van der Waals surface area contributed by atoms with Crippen molar-refractivity contribution < 1.29 is 14.6 Å². The van der Waals surface area contributed by atoms with Crippen molar-refractivity contribution >= 4 is 11.7 Å². The first-order valence-corrected chi connectivity index (χ1v) is 8.96. The maximum Gasteiger partial charge on any atom is 0.319 e. The fourth-order valence-corrected chi connectivity index (χ4v) is 3.03. The summed E-state index contributed by atoms with van der Waals surface area (Å²) in [6, 6.07) is 7.39. The molecular formula is C19H29N3O3. The number of benzene rings is 1. The van der Waals surface area contributed by atoms with Crippen LogP contribution >= 0.6 is 0 Å². The highest BCUT2D eigenvalue weighted by Gasteiger charge is 2.22. The van der Waals surface area contributed by atoms with Crippen molar-refractivity contribution in [1.29, 1.82) is 0 Å². The minimum atomic E-state index is -0.213. The maximum absolute atomic E-state index is 11.9. The molecule has 1 aliphatic rings. The third-order valence-corrected chi connectivity index (χ3v) is 4.33. The zero-order valence-corrected chi connectivity index (χ0v) is 14.7. The number of amides is 2. The van der Waals surface area contributed by atoms with Crippen LogP contribution in [0, 0.1) is 0 Å². The molecule has 6 nitrogen and oxygen atoms in total. The molecular weight excluding hydrogens is 318 g/mol. The minimum Gasteiger partial charge on any atom is -0.489 e. The number of nitrogens with one attached hydrogen (secondary N) is 2. The standard InChI is InChI=1S/C19H29N3O3/c1-2-13-25-18-9-5-7-16(14-18)21-19(24)20-10-3-4-11-22-12-6-8-17(22)15-23/h2,5,7,9,14,17,23H,1,3-4,6,8,10-13,15H2,(H2,20,21,24). The van der Waals surface area contributed by atoms with Crippen LogP contribution in [-0.4, -0.2) is 54.9 Å². The van der Waals surface area contributed by atoms with E-state index in [1.807, 2.05) is 18.2 Å². The molecule has 6 heteroatoms. The number of carbonyl (C=O) groups excluding carboxylic acids is 1. The molecule has 1 fully saturated rings. The summed E-state index contributed by atoms with van der Waals surface area (Å²) in [5, 5.41) is 15.0. The summed E-state index contributed by atoms with van der Waals surface area (Å²) in [6.07, 6.45) is 5.87. The van der Waals surface area contributed by atoms with Crippen LogP contribution in [0.4, 0.5) is 10.5 Å². The van der Waals surface area contributed by atoms with E-state index in [2.05, 4.69) is 22.1 Å². The second-order valence-corrected chi connectivity index (χ2v) is 6.23. The summed E-state index contributed by atoms with van der Waals surface area (Å²) in [5.41, 5.74) is 0.696. The van der Waals surface area contributed by atoms with Gasteiger partial charge in [-0.1, -0.05) is 18.7 Å². The maximum atomic E-state index is 11.9. The van der Waals surface area contributed by atoms with Crippen LogP contribution in [-0.2, 0) is 0 Å². The van der Waals surface area contributed by atoms with Crippen LogP contribution in [0.1, 0.15) is 25.7 Å². The summed E-state index contributed by atoms with van der Waals surface area (Å²) in [5.74, 6) is 0.696. The molecule has 1 saturated heterocycles. The second-order valence-electron chi connectivity index (χ2n) is 6.23. The molecule has 0 spiro atoms. The largest absolute Gasteiger partial charge is 0.489 e. The Bertz CT molecular complexity index is 550. The van der Waals surface area contributed by atoms with E-state index in [1.165, 1.54) is 6.42 Å². The fraction of sp³-hybridized carbons (Fsp3) is 0.526. The molecule has 1 atom stereocenters.